The zero-order valence-electron chi connectivity index (χ0n) is 9.10. The highest BCUT2D eigenvalue weighted by atomic mass is 16.1. The standard InChI is InChI=1S/C13H12N2O/c1-2-7-15-12-8-10(9-14)3-4-11(12)5-6-13(15)16/h3-6,8H,2,7H2,1H3. The van der Waals surface area contributed by atoms with Gasteiger partial charge in [0.25, 0.3) is 5.56 Å². The van der Waals surface area contributed by atoms with Crippen LogP contribution >= 0.6 is 0 Å². The third-order valence-electron chi connectivity index (χ3n) is 2.57. The minimum atomic E-state index is -0.00978. The Morgan fingerprint density at radius 3 is 2.75 bits per heavy atom. The number of hydrogen-bond acceptors (Lipinski definition) is 2. The van der Waals surface area contributed by atoms with Crippen molar-refractivity contribution in [2.75, 3.05) is 0 Å². The highest BCUT2D eigenvalue weighted by Gasteiger charge is 2.02. The van der Waals surface area contributed by atoms with Gasteiger partial charge in [-0.25, -0.2) is 0 Å². The molecule has 0 aliphatic heterocycles. The van der Waals surface area contributed by atoms with Crippen molar-refractivity contribution in [1.82, 2.24) is 4.57 Å². The van der Waals surface area contributed by atoms with Crippen LogP contribution in [-0.4, -0.2) is 4.57 Å². The molecule has 3 nitrogen and oxygen atoms in total. The topological polar surface area (TPSA) is 45.8 Å². The van der Waals surface area contributed by atoms with Gasteiger partial charge in [0.2, 0.25) is 0 Å². The van der Waals surface area contributed by atoms with E-state index in [1.165, 1.54) is 0 Å². The van der Waals surface area contributed by atoms with Crippen molar-refractivity contribution < 1.29 is 0 Å². The molecule has 0 atom stereocenters. The summed E-state index contributed by atoms with van der Waals surface area (Å²) in [6, 6.07) is 10.9. The van der Waals surface area contributed by atoms with Gasteiger partial charge in [-0.05, 0) is 30.0 Å². The van der Waals surface area contributed by atoms with E-state index in [1.54, 1.807) is 28.8 Å². The maximum Gasteiger partial charge on any atom is 0.251 e. The van der Waals surface area contributed by atoms with E-state index in [0.29, 0.717) is 12.1 Å². The van der Waals surface area contributed by atoms with E-state index in [1.807, 2.05) is 13.0 Å². The van der Waals surface area contributed by atoms with Crippen molar-refractivity contribution >= 4 is 10.9 Å². The molecule has 1 aromatic heterocycles. The molecule has 16 heavy (non-hydrogen) atoms. The molecule has 1 heterocycles. The predicted molar refractivity (Wildman–Crippen MR) is 63.2 cm³/mol. The van der Waals surface area contributed by atoms with Crippen molar-refractivity contribution in [2.45, 2.75) is 19.9 Å². The molecular formula is C13H12N2O. The number of rotatable bonds is 2. The van der Waals surface area contributed by atoms with Crippen LogP contribution in [0.1, 0.15) is 18.9 Å². The monoisotopic (exact) mass is 212 g/mol. The summed E-state index contributed by atoms with van der Waals surface area (Å²) in [6.07, 6.45) is 0.899. The third-order valence-corrected chi connectivity index (χ3v) is 2.57. The van der Waals surface area contributed by atoms with Crippen LogP contribution in [0.25, 0.3) is 10.9 Å². The first-order chi connectivity index (χ1) is 7.76. The van der Waals surface area contributed by atoms with Crippen LogP contribution in [0.15, 0.2) is 35.1 Å². The minimum Gasteiger partial charge on any atom is -0.308 e. The van der Waals surface area contributed by atoms with Gasteiger partial charge in [0.1, 0.15) is 0 Å². The van der Waals surface area contributed by atoms with Crippen molar-refractivity contribution in [3.63, 3.8) is 0 Å². The van der Waals surface area contributed by atoms with Gasteiger partial charge in [-0.2, -0.15) is 5.26 Å². The average Bonchev–Trinajstić information content (AvgIpc) is 2.32. The van der Waals surface area contributed by atoms with Gasteiger partial charge in [-0.1, -0.05) is 13.0 Å². The fourth-order valence-corrected chi connectivity index (χ4v) is 1.81. The summed E-state index contributed by atoms with van der Waals surface area (Å²) in [6.45, 7) is 2.71. The van der Waals surface area contributed by atoms with Gasteiger partial charge < -0.3 is 4.57 Å². The molecular weight excluding hydrogens is 200 g/mol. The van der Waals surface area contributed by atoms with E-state index in [0.717, 1.165) is 17.3 Å². The molecule has 80 valence electrons. The molecule has 1 aromatic carbocycles. The number of aromatic nitrogens is 1. The lowest BCUT2D eigenvalue weighted by molar-refractivity contribution is 0.678. The van der Waals surface area contributed by atoms with E-state index in [9.17, 15) is 4.79 Å². The van der Waals surface area contributed by atoms with Crippen molar-refractivity contribution in [3.8, 4) is 6.07 Å². The molecule has 0 bridgehead atoms. The van der Waals surface area contributed by atoms with Gasteiger partial charge in [0, 0.05) is 12.6 Å². The van der Waals surface area contributed by atoms with E-state index in [4.69, 9.17) is 5.26 Å². The Balaban J connectivity index is 2.79. The number of pyridine rings is 1. The fraction of sp³-hybridized carbons (Fsp3) is 0.231. The second-order valence-electron chi connectivity index (χ2n) is 3.71. The summed E-state index contributed by atoms with van der Waals surface area (Å²) < 4.78 is 1.72. The molecule has 0 aliphatic carbocycles. The Morgan fingerprint density at radius 1 is 1.31 bits per heavy atom. The number of nitriles is 1. The summed E-state index contributed by atoms with van der Waals surface area (Å²) in [4.78, 5) is 11.7. The second-order valence-corrected chi connectivity index (χ2v) is 3.71. The summed E-state index contributed by atoms with van der Waals surface area (Å²) in [5.74, 6) is 0. The third kappa shape index (κ3) is 1.70. The number of nitrogens with zero attached hydrogens (tertiary/aromatic N) is 2. The lowest BCUT2D eigenvalue weighted by atomic mass is 10.1. The van der Waals surface area contributed by atoms with Crippen LogP contribution in [-0.2, 0) is 6.54 Å². The fourth-order valence-electron chi connectivity index (χ4n) is 1.81. The SMILES string of the molecule is CCCn1c(=O)ccc2ccc(C#N)cc21. The summed E-state index contributed by atoms with van der Waals surface area (Å²) in [7, 11) is 0. The van der Waals surface area contributed by atoms with Crippen molar-refractivity contribution in [3.05, 3.63) is 46.2 Å². The lowest BCUT2D eigenvalue weighted by Crippen LogP contribution is -2.19. The first-order valence-corrected chi connectivity index (χ1v) is 5.30. The number of hydrogen-bond donors (Lipinski definition) is 0. The van der Waals surface area contributed by atoms with E-state index < -0.39 is 0 Å². The summed E-state index contributed by atoms with van der Waals surface area (Å²) >= 11 is 0. The number of benzene rings is 1. The maximum absolute atomic E-state index is 11.7. The van der Waals surface area contributed by atoms with Gasteiger partial charge in [-0.3, -0.25) is 4.79 Å². The minimum absolute atomic E-state index is 0.00978. The number of fused-ring (bicyclic) bond motifs is 1. The second kappa shape index (κ2) is 4.19. The zero-order valence-corrected chi connectivity index (χ0v) is 9.10. The van der Waals surface area contributed by atoms with Gasteiger partial charge >= 0.3 is 0 Å². The van der Waals surface area contributed by atoms with Crippen LogP contribution in [0, 0.1) is 11.3 Å². The van der Waals surface area contributed by atoms with E-state index in [-0.39, 0.29) is 5.56 Å². The molecule has 3 heteroatoms. The van der Waals surface area contributed by atoms with Crippen LogP contribution in [0.2, 0.25) is 0 Å². The molecule has 0 unspecified atom stereocenters. The predicted octanol–water partition coefficient (Wildman–Crippen LogP) is 2.28. The Morgan fingerprint density at radius 2 is 2.06 bits per heavy atom. The molecule has 0 aliphatic rings. The van der Waals surface area contributed by atoms with Gasteiger partial charge in [0.05, 0.1) is 17.1 Å². The van der Waals surface area contributed by atoms with Crippen LogP contribution in [0.4, 0.5) is 0 Å². The van der Waals surface area contributed by atoms with Crippen LogP contribution in [0.3, 0.4) is 0 Å². The highest BCUT2D eigenvalue weighted by Crippen LogP contribution is 2.14. The Bertz CT molecular complexity index is 620. The molecule has 0 N–H and O–H groups in total. The molecule has 0 radical (unpaired) electrons. The first-order valence-electron chi connectivity index (χ1n) is 5.30. The molecule has 0 amide bonds. The highest BCUT2D eigenvalue weighted by molar-refractivity contribution is 5.80. The van der Waals surface area contributed by atoms with Crippen molar-refractivity contribution in [2.24, 2.45) is 0 Å². The average molecular weight is 212 g/mol. The van der Waals surface area contributed by atoms with E-state index >= 15 is 0 Å². The molecule has 2 rings (SSSR count). The van der Waals surface area contributed by atoms with E-state index in [2.05, 4.69) is 6.07 Å². The van der Waals surface area contributed by atoms with Gasteiger partial charge in [0.15, 0.2) is 0 Å². The Labute approximate surface area is 93.6 Å². The summed E-state index contributed by atoms with van der Waals surface area (Å²) in [5.41, 5.74) is 1.42. The quantitative estimate of drug-likeness (QED) is 0.766. The van der Waals surface area contributed by atoms with Crippen LogP contribution in [0.5, 0.6) is 0 Å². The number of aryl methyl sites for hydroxylation is 1. The lowest BCUT2D eigenvalue weighted by Gasteiger charge is -2.08. The molecule has 0 spiro atoms. The maximum atomic E-state index is 11.7. The largest absolute Gasteiger partial charge is 0.308 e. The first kappa shape index (κ1) is 10.4. The Hall–Kier alpha value is -2.08. The smallest absolute Gasteiger partial charge is 0.251 e. The summed E-state index contributed by atoms with van der Waals surface area (Å²) in [5, 5.41) is 9.84. The molecule has 0 saturated heterocycles. The molecule has 2 aromatic rings. The Kier molecular flexibility index (Phi) is 2.74. The molecule has 0 saturated carbocycles. The van der Waals surface area contributed by atoms with Gasteiger partial charge in [-0.15, -0.1) is 0 Å². The molecule has 0 fully saturated rings. The normalized spacial score (nSPS) is 10.2. The van der Waals surface area contributed by atoms with Crippen molar-refractivity contribution in [1.29, 1.82) is 5.26 Å². The zero-order chi connectivity index (χ0) is 11.5. The van der Waals surface area contributed by atoms with Crippen LogP contribution < -0.4 is 5.56 Å².